The summed E-state index contributed by atoms with van der Waals surface area (Å²) in [6.07, 6.45) is 2.29. The van der Waals surface area contributed by atoms with E-state index in [0.29, 0.717) is 24.4 Å². The van der Waals surface area contributed by atoms with Crippen LogP contribution in [0.25, 0.3) is 0 Å². The van der Waals surface area contributed by atoms with Gasteiger partial charge in [-0.25, -0.2) is 0 Å². The lowest BCUT2D eigenvalue weighted by atomic mass is 9.98. The van der Waals surface area contributed by atoms with Crippen molar-refractivity contribution in [3.63, 3.8) is 0 Å². The molecule has 0 atom stereocenters. The Morgan fingerprint density at radius 3 is 2.67 bits per heavy atom. The van der Waals surface area contributed by atoms with E-state index < -0.39 is 0 Å². The fraction of sp³-hybridized carbons (Fsp3) is 0.143. The molecule has 1 aliphatic heterocycles. The first-order chi connectivity index (χ1) is 13.1. The number of halogens is 1. The van der Waals surface area contributed by atoms with Crippen molar-refractivity contribution in [1.82, 2.24) is 4.90 Å². The lowest BCUT2D eigenvalue weighted by molar-refractivity contribution is 0.0702. The number of furan rings is 1. The van der Waals surface area contributed by atoms with Crippen LogP contribution in [-0.2, 0) is 13.0 Å². The zero-order chi connectivity index (χ0) is 18.8. The maximum absolute atomic E-state index is 12.5. The number of anilines is 1. The normalized spacial score (nSPS) is 13.1. The molecule has 0 saturated carbocycles. The smallest absolute Gasteiger partial charge is 0.289 e. The number of fused-ring (bicyclic) bond motifs is 1. The first-order valence-electron chi connectivity index (χ1n) is 8.62. The molecule has 0 saturated heterocycles. The molecule has 27 heavy (non-hydrogen) atoms. The van der Waals surface area contributed by atoms with E-state index in [1.54, 1.807) is 23.1 Å². The number of rotatable bonds is 3. The first kappa shape index (κ1) is 17.8. The summed E-state index contributed by atoms with van der Waals surface area (Å²) < 4.78 is 6.13. The minimum Gasteiger partial charge on any atom is -0.459 e. The summed E-state index contributed by atoms with van der Waals surface area (Å²) >= 11 is 2.15. The van der Waals surface area contributed by atoms with Crippen molar-refractivity contribution in [2.45, 2.75) is 13.0 Å². The van der Waals surface area contributed by atoms with E-state index >= 15 is 0 Å². The van der Waals surface area contributed by atoms with Crippen LogP contribution < -0.4 is 5.32 Å². The minimum atomic E-state index is -0.140. The molecule has 2 aromatic carbocycles. The molecule has 2 amide bonds. The monoisotopic (exact) mass is 472 g/mol. The highest BCUT2D eigenvalue weighted by molar-refractivity contribution is 14.1. The van der Waals surface area contributed by atoms with Gasteiger partial charge in [-0.3, -0.25) is 9.59 Å². The van der Waals surface area contributed by atoms with Gasteiger partial charge in [-0.2, -0.15) is 0 Å². The van der Waals surface area contributed by atoms with Crippen molar-refractivity contribution in [2.24, 2.45) is 0 Å². The Balaban J connectivity index is 1.52. The van der Waals surface area contributed by atoms with Crippen LogP contribution in [0.5, 0.6) is 0 Å². The second kappa shape index (κ2) is 7.56. The van der Waals surface area contributed by atoms with E-state index in [-0.39, 0.29) is 11.8 Å². The van der Waals surface area contributed by atoms with E-state index in [0.717, 1.165) is 21.2 Å². The van der Waals surface area contributed by atoms with Crippen LogP contribution in [0.3, 0.4) is 0 Å². The quantitative estimate of drug-likeness (QED) is 0.578. The molecule has 136 valence electrons. The molecule has 1 N–H and O–H groups in total. The summed E-state index contributed by atoms with van der Waals surface area (Å²) in [5, 5.41) is 2.96. The van der Waals surface area contributed by atoms with Gasteiger partial charge < -0.3 is 14.6 Å². The Hall–Kier alpha value is -2.61. The molecule has 0 spiro atoms. The van der Waals surface area contributed by atoms with Gasteiger partial charge in [-0.05, 0) is 76.5 Å². The molecule has 0 bridgehead atoms. The molecule has 5 nitrogen and oxygen atoms in total. The maximum Gasteiger partial charge on any atom is 0.289 e. The summed E-state index contributed by atoms with van der Waals surface area (Å²) in [5.41, 5.74) is 3.61. The predicted molar refractivity (Wildman–Crippen MR) is 111 cm³/mol. The lowest BCUT2D eigenvalue weighted by Gasteiger charge is -2.28. The van der Waals surface area contributed by atoms with Crippen molar-refractivity contribution in [3.05, 3.63) is 86.9 Å². The Morgan fingerprint density at radius 1 is 1.04 bits per heavy atom. The van der Waals surface area contributed by atoms with Gasteiger partial charge in [0.15, 0.2) is 5.76 Å². The fourth-order valence-corrected chi connectivity index (χ4v) is 3.84. The highest BCUT2D eigenvalue weighted by Crippen LogP contribution is 2.24. The van der Waals surface area contributed by atoms with Gasteiger partial charge in [0.25, 0.3) is 11.8 Å². The first-order valence-corrected chi connectivity index (χ1v) is 9.70. The Kier molecular flexibility index (Phi) is 4.98. The van der Waals surface area contributed by atoms with Crippen molar-refractivity contribution in [2.75, 3.05) is 11.9 Å². The molecule has 0 unspecified atom stereocenters. The molecule has 0 fully saturated rings. The van der Waals surface area contributed by atoms with Crippen molar-refractivity contribution in [1.29, 1.82) is 0 Å². The van der Waals surface area contributed by atoms with Gasteiger partial charge in [0.05, 0.1) is 11.8 Å². The largest absolute Gasteiger partial charge is 0.459 e. The molecule has 4 rings (SSSR count). The van der Waals surface area contributed by atoms with E-state index in [1.807, 2.05) is 36.4 Å². The highest BCUT2D eigenvalue weighted by Gasteiger charge is 2.23. The Labute approximate surface area is 170 Å². The zero-order valence-corrected chi connectivity index (χ0v) is 16.6. The number of carbonyl (C=O) groups excluding carboxylic acids is 2. The SMILES string of the molecule is O=C(Nc1ccc2c(c1)CN(C(=O)c1ccco1)CC2)c1ccccc1I. The number of hydrogen-bond acceptors (Lipinski definition) is 3. The Morgan fingerprint density at radius 2 is 1.89 bits per heavy atom. The van der Waals surface area contributed by atoms with Gasteiger partial charge >= 0.3 is 0 Å². The Bertz CT molecular complexity index is 998. The second-order valence-corrected chi connectivity index (χ2v) is 7.53. The van der Waals surface area contributed by atoms with Crippen LogP contribution in [-0.4, -0.2) is 23.3 Å². The summed E-state index contributed by atoms with van der Waals surface area (Å²) in [4.78, 5) is 26.8. The predicted octanol–water partition coefficient (Wildman–Crippen LogP) is 4.34. The number of nitrogens with zero attached hydrogens (tertiary/aromatic N) is 1. The molecular weight excluding hydrogens is 455 g/mol. The van der Waals surface area contributed by atoms with Crippen LogP contribution in [0.4, 0.5) is 5.69 Å². The van der Waals surface area contributed by atoms with E-state index in [4.69, 9.17) is 4.42 Å². The van der Waals surface area contributed by atoms with Crippen LogP contribution in [0.15, 0.2) is 65.3 Å². The van der Waals surface area contributed by atoms with Crippen molar-refractivity contribution >= 4 is 40.1 Å². The summed E-state index contributed by atoms with van der Waals surface area (Å²) in [6.45, 7) is 1.15. The van der Waals surface area contributed by atoms with Gasteiger partial charge in [0, 0.05) is 22.3 Å². The standard InChI is InChI=1S/C21H17IN2O3/c22-18-5-2-1-4-17(18)20(25)23-16-8-7-14-9-10-24(13-15(14)12-16)21(26)19-6-3-11-27-19/h1-8,11-12H,9-10,13H2,(H,23,25). The number of hydrogen-bond donors (Lipinski definition) is 1. The van der Waals surface area contributed by atoms with Crippen LogP contribution >= 0.6 is 22.6 Å². The maximum atomic E-state index is 12.5. The zero-order valence-electron chi connectivity index (χ0n) is 14.4. The van der Waals surface area contributed by atoms with E-state index in [1.165, 1.54) is 11.8 Å². The summed E-state index contributed by atoms with van der Waals surface area (Å²) in [7, 11) is 0. The highest BCUT2D eigenvalue weighted by atomic mass is 127. The average molecular weight is 472 g/mol. The topological polar surface area (TPSA) is 62.6 Å². The van der Waals surface area contributed by atoms with Crippen LogP contribution in [0, 0.1) is 3.57 Å². The molecule has 1 aliphatic rings. The third-order valence-electron chi connectivity index (χ3n) is 4.61. The number of carbonyl (C=O) groups is 2. The molecule has 6 heteroatoms. The van der Waals surface area contributed by atoms with Gasteiger partial charge in [-0.15, -0.1) is 0 Å². The fourth-order valence-electron chi connectivity index (χ4n) is 3.21. The lowest BCUT2D eigenvalue weighted by Crippen LogP contribution is -2.35. The van der Waals surface area contributed by atoms with Crippen LogP contribution in [0.1, 0.15) is 32.0 Å². The van der Waals surface area contributed by atoms with Gasteiger partial charge in [-0.1, -0.05) is 18.2 Å². The molecule has 0 radical (unpaired) electrons. The molecular formula is C21H17IN2O3. The van der Waals surface area contributed by atoms with Gasteiger partial charge in [0.1, 0.15) is 0 Å². The van der Waals surface area contributed by atoms with Gasteiger partial charge in [0.2, 0.25) is 0 Å². The second-order valence-electron chi connectivity index (χ2n) is 6.37. The molecule has 3 aromatic rings. The third-order valence-corrected chi connectivity index (χ3v) is 5.55. The van der Waals surface area contributed by atoms with Crippen molar-refractivity contribution in [3.8, 4) is 0 Å². The summed E-state index contributed by atoms with van der Waals surface area (Å²) in [5.74, 6) is 0.0970. The molecule has 1 aromatic heterocycles. The average Bonchev–Trinajstić information content (AvgIpc) is 3.22. The van der Waals surface area contributed by atoms with E-state index in [9.17, 15) is 9.59 Å². The number of nitrogens with one attached hydrogen (secondary N) is 1. The van der Waals surface area contributed by atoms with E-state index in [2.05, 4.69) is 27.9 Å². The third kappa shape index (κ3) is 3.75. The summed E-state index contributed by atoms with van der Waals surface area (Å²) in [6, 6.07) is 16.7. The van der Waals surface area contributed by atoms with Crippen LogP contribution in [0.2, 0.25) is 0 Å². The minimum absolute atomic E-state index is 0.112. The molecule has 0 aliphatic carbocycles. The number of amides is 2. The van der Waals surface area contributed by atoms with Crippen molar-refractivity contribution < 1.29 is 14.0 Å². The number of benzene rings is 2. The molecule has 2 heterocycles.